The van der Waals surface area contributed by atoms with Crippen LogP contribution in [0.25, 0.3) is 5.57 Å². The summed E-state index contributed by atoms with van der Waals surface area (Å²) in [6.45, 7) is 6.64. The molecule has 1 unspecified atom stereocenters. The molecule has 1 nitrogen and oxygen atoms in total. The van der Waals surface area contributed by atoms with Gasteiger partial charge in [0.2, 0.25) is 0 Å². The average molecular weight is 266 g/mol. The van der Waals surface area contributed by atoms with Gasteiger partial charge in [-0.2, -0.15) is 0 Å². The lowest BCUT2D eigenvalue weighted by molar-refractivity contribution is 0.299. The van der Waals surface area contributed by atoms with E-state index in [0.717, 1.165) is 18.4 Å². The molecule has 1 heteroatoms. The molecule has 0 radical (unpaired) electrons. The van der Waals surface area contributed by atoms with E-state index in [1.807, 2.05) is 24.3 Å². The smallest absolute Gasteiger partial charge is 0.0471 e. The second-order valence-corrected chi connectivity index (χ2v) is 5.25. The number of rotatable bonds is 6. The third-order valence-electron chi connectivity index (χ3n) is 3.70. The Morgan fingerprint density at radius 1 is 1.05 bits per heavy atom. The maximum Gasteiger partial charge on any atom is 0.0471 e. The second kappa shape index (κ2) is 7.06. The number of benzene rings is 2. The molecule has 2 aromatic rings. The summed E-state index contributed by atoms with van der Waals surface area (Å²) in [6.07, 6.45) is 1.66. The zero-order chi connectivity index (χ0) is 14.4. The van der Waals surface area contributed by atoms with Gasteiger partial charge < -0.3 is 5.11 Å². The monoisotopic (exact) mass is 266 g/mol. The summed E-state index contributed by atoms with van der Waals surface area (Å²) >= 11 is 0. The first-order valence-corrected chi connectivity index (χ1v) is 7.14. The highest BCUT2D eigenvalue weighted by atomic mass is 16.2. The van der Waals surface area contributed by atoms with Crippen molar-refractivity contribution in [2.24, 2.45) is 0 Å². The van der Waals surface area contributed by atoms with Gasteiger partial charge in [-0.05, 0) is 41.0 Å². The van der Waals surface area contributed by atoms with Gasteiger partial charge in [-0.1, -0.05) is 68.1 Å². The van der Waals surface area contributed by atoms with Crippen LogP contribution >= 0.6 is 0 Å². The van der Waals surface area contributed by atoms with Crippen molar-refractivity contribution < 1.29 is 5.11 Å². The van der Waals surface area contributed by atoms with Crippen LogP contribution in [0.15, 0.2) is 61.2 Å². The minimum Gasteiger partial charge on any atom is -0.396 e. The van der Waals surface area contributed by atoms with Crippen molar-refractivity contribution >= 4 is 5.57 Å². The zero-order valence-electron chi connectivity index (χ0n) is 12.0. The van der Waals surface area contributed by atoms with E-state index in [2.05, 4.69) is 43.8 Å². The number of aliphatic hydroxyl groups excluding tert-OH is 1. The number of aliphatic hydroxyl groups is 1. The highest BCUT2D eigenvalue weighted by molar-refractivity contribution is 5.64. The molecule has 0 amide bonds. The Labute approximate surface area is 121 Å². The molecule has 1 N–H and O–H groups in total. The van der Waals surface area contributed by atoms with Crippen LogP contribution in [0.5, 0.6) is 0 Å². The fourth-order valence-corrected chi connectivity index (χ4v) is 2.63. The topological polar surface area (TPSA) is 20.2 Å². The van der Waals surface area contributed by atoms with Gasteiger partial charge in [-0.15, -0.1) is 0 Å². The maximum absolute atomic E-state index is 9.17. The quantitative estimate of drug-likeness (QED) is 0.820. The molecule has 0 saturated heterocycles. The molecule has 20 heavy (non-hydrogen) atoms. The van der Waals surface area contributed by atoms with Crippen molar-refractivity contribution in [2.45, 2.75) is 25.7 Å². The SMILES string of the molecule is C=C(CC(C)c1ccccc1CCO)c1ccccc1. The first-order chi connectivity index (χ1) is 9.72. The third-order valence-corrected chi connectivity index (χ3v) is 3.70. The summed E-state index contributed by atoms with van der Waals surface area (Å²) in [6, 6.07) is 18.7. The van der Waals surface area contributed by atoms with Crippen molar-refractivity contribution in [1.82, 2.24) is 0 Å². The fourth-order valence-electron chi connectivity index (χ4n) is 2.63. The summed E-state index contributed by atoms with van der Waals surface area (Å²) in [5, 5.41) is 9.17. The Morgan fingerprint density at radius 3 is 2.40 bits per heavy atom. The lowest BCUT2D eigenvalue weighted by atomic mass is 9.88. The van der Waals surface area contributed by atoms with Crippen LogP contribution in [0.4, 0.5) is 0 Å². The van der Waals surface area contributed by atoms with E-state index in [-0.39, 0.29) is 6.61 Å². The van der Waals surface area contributed by atoms with Crippen LogP contribution in [-0.2, 0) is 6.42 Å². The highest BCUT2D eigenvalue weighted by Crippen LogP contribution is 2.29. The maximum atomic E-state index is 9.17. The minimum absolute atomic E-state index is 0.198. The Morgan fingerprint density at radius 2 is 1.70 bits per heavy atom. The van der Waals surface area contributed by atoms with Crippen molar-refractivity contribution in [1.29, 1.82) is 0 Å². The molecule has 1 atom stereocenters. The summed E-state index contributed by atoms with van der Waals surface area (Å²) in [4.78, 5) is 0. The number of hydrogen-bond donors (Lipinski definition) is 1. The molecule has 0 aliphatic carbocycles. The first-order valence-electron chi connectivity index (χ1n) is 7.14. The van der Waals surface area contributed by atoms with E-state index in [4.69, 9.17) is 5.11 Å². The van der Waals surface area contributed by atoms with Gasteiger partial charge in [0.25, 0.3) is 0 Å². The summed E-state index contributed by atoms with van der Waals surface area (Å²) in [5.74, 6) is 0.408. The Balaban J connectivity index is 2.12. The number of allylic oxidation sites excluding steroid dienone is 1. The standard InChI is InChI=1S/C19H22O/c1-15(17-8-4-3-5-9-17)14-16(2)19-11-7-6-10-18(19)12-13-20/h3-11,16,20H,1,12-14H2,2H3. The third kappa shape index (κ3) is 3.58. The molecule has 0 heterocycles. The Bertz CT molecular complexity index is 557. The van der Waals surface area contributed by atoms with E-state index in [9.17, 15) is 0 Å². The Kier molecular flexibility index (Phi) is 5.14. The largest absolute Gasteiger partial charge is 0.396 e. The summed E-state index contributed by atoms with van der Waals surface area (Å²) < 4.78 is 0. The van der Waals surface area contributed by atoms with Crippen molar-refractivity contribution in [3.8, 4) is 0 Å². The van der Waals surface area contributed by atoms with Crippen LogP contribution in [0.2, 0.25) is 0 Å². The van der Waals surface area contributed by atoms with Gasteiger partial charge in [0.15, 0.2) is 0 Å². The van der Waals surface area contributed by atoms with Crippen LogP contribution < -0.4 is 0 Å². The van der Waals surface area contributed by atoms with Crippen molar-refractivity contribution in [3.63, 3.8) is 0 Å². The molecule has 0 aliphatic rings. The van der Waals surface area contributed by atoms with E-state index < -0.39 is 0 Å². The molecule has 0 aromatic heterocycles. The molecular formula is C19H22O. The normalized spacial score (nSPS) is 12.1. The van der Waals surface area contributed by atoms with Gasteiger partial charge >= 0.3 is 0 Å². The average Bonchev–Trinajstić information content (AvgIpc) is 2.49. The van der Waals surface area contributed by atoms with E-state index in [0.29, 0.717) is 5.92 Å². The zero-order valence-corrected chi connectivity index (χ0v) is 12.0. The second-order valence-electron chi connectivity index (χ2n) is 5.25. The van der Waals surface area contributed by atoms with E-state index in [1.165, 1.54) is 16.7 Å². The molecule has 0 aliphatic heterocycles. The van der Waals surface area contributed by atoms with Gasteiger partial charge in [-0.3, -0.25) is 0 Å². The predicted octanol–water partition coefficient (Wildman–Crippen LogP) is 4.43. The highest BCUT2D eigenvalue weighted by Gasteiger charge is 2.12. The van der Waals surface area contributed by atoms with E-state index in [1.54, 1.807) is 0 Å². The summed E-state index contributed by atoms with van der Waals surface area (Å²) in [7, 11) is 0. The van der Waals surface area contributed by atoms with E-state index >= 15 is 0 Å². The fraction of sp³-hybridized carbons (Fsp3) is 0.263. The lowest BCUT2D eigenvalue weighted by Gasteiger charge is -2.17. The summed E-state index contributed by atoms with van der Waals surface area (Å²) in [5.41, 5.74) is 4.93. The Hall–Kier alpha value is -1.86. The van der Waals surface area contributed by atoms with Gasteiger partial charge in [0.1, 0.15) is 0 Å². The van der Waals surface area contributed by atoms with Crippen molar-refractivity contribution in [2.75, 3.05) is 6.61 Å². The molecule has 0 saturated carbocycles. The molecule has 0 fully saturated rings. The first kappa shape index (κ1) is 14.5. The van der Waals surface area contributed by atoms with Gasteiger partial charge in [-0.25, -0.2) is 0 Å². The van der Waals surface area contributed by atoms with Crippen LogP contribution in [0, 0.1) is 0 Å². The molecule has 2 rings (SSSR count). The van der Waals surface area contributed by atoms with Crippen LogP contribution in [0.1, 0.15) is 36.0 Å². The van der Waals surface area contributed by atoms with Gasteiger partial charge in [0, 0.05) is 6.61 Å². The molecule has 0 spiro atoms. The predicted molar refractivity (Wildman–Crippen MR) is 85.7 cm³/mol. The van der Waals surface area contributed by atoms with Crippen molar-refractivity contribution in [3.05, 3.63) is 77.9 Å². The minimum atomic E-state index is 0.198. The molecule has 104 valence electrons. The molecule has 0 bridgehead atoms. The van der Waals surface area contributed by atoms with Gasteiger partial charge in [0.05, 0.1) is 0 Å². The molecule has 2 aromatic carbocycles. The van der Waals surface area contributed by atoms with Crippen LogP contribution in [-0.4, -0.2) is 11.7 Å². The lowest BCUT2D eigenvalue weighted by Crippen LogP contribution is -2.02. The number of hydrogen-bond acceptors (Lipinski definition) is 1. The van der Waals surface area contributed by atoms with Crippen LogP contribution in [0.3, 0.4) is 0 Å². The molecular weight excluding hydrogens is 244 g/mol.